The number of para-hydroxylation sites is 1. The molecule has 0 unspecified atom stereocenters. The van der Waals surface area contributed by atoms with Crippen molar-refractivity contribution in [2.75, 3.05) is 10.6 Å². The molecule has 0 aliphatic heterocycles. The molecule has 4 rings (SSSR count). The summed E-state index contributed by atoms with van der Waals surface area (Å²) in [6.45, 7) is 1.97. The third kappa shape index (κ3) is 4.36. The monoisotopic (exact) mass is 433 g/mol. The van der Waals surface area contributed by atoms with E-state index >= 15 is 0 Å². The summed E-state index contributed by atoms with van der Waals surface area (Å²) in [4.78, 5) is 32.7. The van der Waals surface area contributed by atoms with E-state index in [0.717, 1.165) is 29.4 Å². The zero-order chi connectivity index (χ0) is 22.7. The number of imide groups is 1. The molecule has 0 saturated heterocycles. The van der Waals surface area contributed by atoms with E-state index < -0.39 is 29.1 Å². The molecule has 0 spiro atoms. The van der Waals surface area contributed by atoms with E-state index in [1.54, 1.807) is 18.2 Å². The van der Waals surface area contributed by atoms with E-state index in [2.05, 4.69) is 20.6 Å². The lowest BCUT2D eigenvalue weighted by Gasteiger charge is -2.12. The van der Waals surface area contributed by atoms with Crippen molar-refractivity contribution in [3.05, 3.63) is 89.8 Å². The highest BCUT2D eigenvalue weighted by molar-refractivity contribution is 6.08. The van der Waals surface area contributed by atoms with Gasteiger partial charge in [0.05, 0.1) is 5.52 Å². The molecule has 1 aromatic heterocycles. The molecule has 3 aromatic carbocycles. The van der Waals surface area contributed by atoms with Crippen LogP contribution in [0.25, 0.3) is 10.9 Å². The molecule has 9 heteroatoms. The Kier molecular flexibility index (Phi) is 5.71. The van der Waals surface area contributed by atoms with Gasteiger partial charge in [-0.2, -0.15) is 0 Å². The first-order valence-corrected chi connectivity index (χ1v) is 9.56. The van der Waals surface area contributed by atoms with Gasteiger partial charge in [0.25, 0.3) is 5.91 Å². The molecule has 0 aliphatic carbocycles. The smallest absolute Gasteiger partial charge is 0.326 e. The van der Waals surface area contributed by atoms with Crippen molar-refractivity contribution in [1.29, 1.82) is 0 Å². The Morgan fingerprint density at radius 2 is 1.66 bits per heavy atom. The number of hydrogen-bond donors (Lipinski definition) is 3. The number of fused-ring (bicyclic) bond motifs is 1. The first-order valence-electron chi connectivity index (χ1n) is 9.56. The van der Waals surface area contributed by atoms with Gasteiger partial charge in [0, 0.05) is 16.8 Å². The van der Waals surface area contributed by atoms with Crippen LogP contribution in [-0.2, 0) is 0 Å². The average molecular weight is 433 g/mol. The molecule has 0 bridgehead atoms. The van der Waals surface area contributed by atoms with Crippen molar-refractivity contribution in [3.8, 4) is 0 Å². The molecule has 0 saturated carbocycles. The summed E-state index contributed by atoms with van der Waals surface area (Å²) in [5, 5.41) is 8.34. The Balaban J connectivity index is 1.51. The van der Waals surface area contributed by atoms with Crippen LogP contribution in [0.3, 0.4) is 0 Å². The predicted molar refractivity (Wildman–Crippen MR) is 117 cm³/mol. The molecular formula is C23H17F2N5O2. The molecule has 160 valence electrons. The average Bonchev–Trinajstić information content (AvgIpc) is 2.75. The van der Waals surface area contributed by atoms with Gasteiger partial charge in [-0.05, 0) is 48.9 Å². The van der Waals surface area contributed by atoms with E-state index in [1.807, 2.05) is 36.5 Å². The first kappa shape index (κ1) is 20.9. The van der Waals surface area contributed by atoms with Crippen LogP contribution in [0, 0.1) is 18.6 Å². The fourth-order valence-electron chi connectivity index (χ4n) is 3.12. The number of anilines is 3. The Hall–Kier alpha value is -4.40. The Morgan fingerprint density at radius 1 is 0.906 bits per heavy atom. The number of aryl methyl sites for hydroxylation is 1. The molecule has 0 radical (unpaired) electrons. The molecule has 7 nitrogen and oxygen atoms in total. The Labute approximate surface area is 181 Å². The molecular weight excluding hydrogens is 416 g/mol. The zero-order valence-electron chi connectivity index (χ0n) is 16.8. The Bertz CT molecular complexity index is 1320. The largest absolute Gasteiger partial charge is 0.339 e. The van der Waals surface area contributed by atoms with Crippen molar-refractivity contribution in [2.45, 2.75) is 6.92 Å². The minimum absolute atomic E-state index is 0.331. The number of nitrogens with one attached hydrogen (secondary N) is 3. The number of benzene rings is 3. The number of carbonyl (C=O) groups excluding carboxylic acids is 2. The third-order valence-corrected chi connectivity index (χ3v) is 4.71. The summed E-state index contributed by atoms with van der Waals surface area (Å²) in [5.41, 5.74) is 1.98. The summed E-state index contributed by atoms with van der Waals surface area (Å²) in [7, 11) is 0. The molecule has 4 aromatic rings. The second-order valence-electron chi connectivity index (χ2n) is 6.90. The highest BCUT2D eigenvalue weighted by Gasteiger charge is 2.19. The van der Waals surface area contributed by atoms with Gasteiger partial charge in [-0.1, -0.05) is 24.3 Å². The normalized spacial score (nSPS) is 10.6. The lowest BCUT2D eigenvalue weighted by Crippen LogP contribution is -2.35. The summed E-state index contributed by atoms with van der Waals surface area (Å²) < 4.78 is 27.4. The predicted octanol–water partition coefficient (Wildman–Crippen LogP) is 4.92. The molecule has 0 aliphatic rings. The summed E-state index contributed by atoms with van der Waals surface area (Å²) in [5.74, 6) is -2.73. The van der Waals surface area contributed by atoms with E-state index in [0.29, 0.717) is 22.4 Å². The number of carbonyl (C=O) groups is 2. The van der Waals surface area contributed by atoms with Crippen LogP contribution in [0.15, 0.2) is 67.0 Å². The van der Waals surface area contributed by atoms with E-state index in [9.17, 15) is 18.4 Å². The topological polar surface area (TPSA) is 96.0 Å². The maximum Gasteiger partial charge on any atom is 0.326 e. The van der Waals surface area contributed by atoms with Crippen LogP contribution in [0.2, 0.25) is 0 Å². The maximum atomic E-state index is 13.7. The number of nitrogens with zero attached hydrogens (tertiary/aromatic N) is 2. The van der Waals surface area contributed by atoms with Gasteiger partial charge in [-0.15, -0.1) is 0 Å². The fraction of sp³-hybridized carbons (Fsp3) is 0.0435. The second-order valence-corrected chi connectivity index (χ2v) is 6.90. The number of hydrogen-bond acceptors (Lipinski definition) is 5. The molecule has 32 heavy (non-hydrogen) atoms. The first-order chi connectivity index (χ1) is 15.4. The van der Waals surface area contributed by atoms with Gasteiger partial charge in [0.1, 0.15) is 29.3 Å². The minimum atomic E-state index is -1.19. The van der Waals surface area contributed by atoms with Crippen LogP contribution in [0.4, 0.5) is 30.8 Å². The molecule has 1 heterocycles. The van der Waals surface area contributed by atoms with E-state index in [-0.39, 0.29) is 0 Å². The van der Waals surface area contributed by atoms with Gasteiger partial charge in [-0.25, -0.2) is 23.5 Å². The Morgan fingerprint density at radius 3 is 2.41 bits per heavy atom. The van der Waals surface area contributed by atoms with Crippen LogP contribution in [-0.4, -0.2) is 21.9 Å². The van der Waals surface area contributed by atoms with Crippen molar-refractivity contribution >= 4 is 40.0 Å². The molecule has 0 fully saturated rings. The van der Waals surface area contributed by atoms with Crippen LogP contribution < -0.4 is 16.0 Å². The second kappa shape index (κ2) is 8.76. The van der Waals surface area contributed by atoms with Crippen molar-refractivity contribution in [1.82, 2.24) is 15.3 Å². The van der Waals surface area contributed by atoms with Gasteiger partial charge in [0.2, 0.25) is 0 Å². The lowest BCUT2D eigenvalue weighted by molar-refractivity contribution is 0.0959. The third-order valence-electron chi connectivity index (χ3n) is 4.71. The zero-order valence-corrected chi connectivity index (χ0v) is 16.8. The SMILES string of the molecule is Cc1ccccc1Nc1ncnc2cc(NC(=O)NC(=O)c3c(F)cccc3F)ccc12. The standard InChI is InChI=1S/C23H17F2N5O2/c1-13-5-2-3-8-18(13)29-21-15-10-9-14(11-19(15)26-12-27-21)28-23(32)30-22(31)20-16(24)6-4-7-17(20)25/h2-12H,1H3,(H,26,27,29)(H2,28,30,31,32). The lowest BCUT2D eigenvalue weighted by atomic mass is 10.1. The van der Waals surface area contributed by atoms with Crippen molar-refractivity contribution in [2.24, 2.45) is 0 Å². The van der Waals surface area contributed by atoms with Gasteiger partial charge < -0.3 is 10.6 Å². The van der Waals surface area contributed by atoms with Crippen molar-refractivity contribution in [3.63, 3.8) is 0 Å². The number of halogens is 2. The number of urea groups is 1. The number of aromatic nitrogens is 2. The summed E-state index contributed by atoms with van der Waals surface area (Å²) in [6.07, 6.45) is 1.39. The highest BCUT2D eigenvalue weighted by Crippen LogP contribution is 2.26. The number of amides is 3. The quantitative estimate of drug-likeness (QED) is 0.425. The van der Waals surface area contributed by atoms with Crippen LogP contribution in [0.1, 0.15) is 15.9 Å². The molecule has 3 N–H and O–H groups in total. The summed E-state index contributed by atoms with van der Waals surface area (Å²) in [6, 6.07) is 14.7. The van der Waals surface area contributed by atoms with Crippen LogP contribution >= 0.6 is 0 Å². The van der Waals surface area contributed by atoms with E-state index in [4.69, 9.17) is 0 Å². The summed E-state index contributed by atoms with van der Waals surface area (Å²) >= 11 is 0. The maximum absolute atomic E-state index is 13.7. The number of rotatable bonds is 4. The van der Waals surface area contributed by atoms with Gasteiger partial charge >= 0.3 is 6.03 Å². The minimum Gasteiger partial charge on any atom is -0.339 e. The van der Waals surface area contributed by atoms with Crippen LogP contribution in [0.5, 0.6) is 0 Å². The van der Waals surface area contributed by atoms with Crippen molar-refractivity contribution < 1.29 is 18.4 Å². The molecule has 0 atom stereocenters. The van der Waals surface area contributed by atoms with Gasteiger partial charge in [-0.3, -0.25) is 10.1 Å². The van der Waals surface area contributed by atoms with Gasteiger partial charge in [0.15, 0.2) is 0 Å². The highest BCUT2D eigenvalue weighted by atomic mass is 19.1. The van der Waals surface area contributed by atoms with E-state index in [1.165, 1.54) is 6.33 Å². The fourth-order valence-corrected chi connectivity index (χ4v) is 3.12. The molecule has 3 amide bonds.